The molecule has 1 heterocycles. The summed E-state index contributed by atoms with van der Waals surface area (Å²) in [5.41, 5.74) is 6.69. The molecule has 114 valence electrons. The Balaban J connectivity index is 1.95. The molecule has 1 aliphatic carbocycles. The van der Waals surface area contributed by atoms with E-state index in [9.17, 15) is 9.59 Å². The smallest absolute Gasteiger partial charge is 0.250 e. The van der Waals surface area contributed by atoms with E-state index in [-0.39, 0.29) is 24.5 Å². The number of pyridine rings is 1. The number of methoxy groups -OCH3 is 1. The summed E-state index contributed by atoms with van der Waals surface area (Å²) < 4.78 is 4.80. The van der Waals surface area contributed by atoms with E-state index < -0.39 is 5.91 Å². The fourth-order valence-electron chi connectivity index (χ4n) is 2.86. The highest BCUT2D eigenvalue weighted by atomic mass is 16.5. The molecular weight excluding hydrogens is 270 g/mol. The number of nitrogens with zero attached hydrogens (tertiary/aromatic N) is 1. The Labute approximate surface area is 124 Å². The molecule has 0 aromatic carbocycles. The van der Waals surface area contributed by atoms with Crippen molar-refractivity contribution in [2.45, 2.75) is 37.6 Å². The number of hydrogen-bond donors (Lipinski definition) is 2. The van der Waals surface area contributed by atoms with E-state index in [2.05, 4.69) is 10.3 Å². The number of aromatic nitrogens is 1. The molecule has 1 saturated carbocycles. The first kappa shape index (κ1) is 15.4. The van der Waals surface area contributed by atoms with E-state index in [1.54, 1.807) is 18.3 Å². The molecule has 0 spiro atoms. The summed E-state index contributed by atoms with van der Waals surface area (Å²) >= 11 is 0. The lowest BCUT2D eigenvalue weighted by molar-refractivity contribution is -0.125. The molecule has 0 unspecified atom stereocenters. The first-order valence-electron chi connectivity index (χ1n) is 7.14. The standard InChI is InChI=1S/C15H21N3O3/c1-21-9-13(19)18-11-6-4-10(5-7-11)14-12(15(16)20)3-2-8-17-14/h2-3,8,10-11H,4-7,9H2,1H3,(H2,16,20)(H,18,19). The molecule has 1 aromatic rings. The van der Waals surface area contributed by atoms with Crippen LogP contribution >= 0.6 is 0 Å². The van der Waals surface area contributed by atoms with E-state index >= 15 is 0 Å². The van der Waals surface area contributed by atoms with Crippen molar-refractivity contribution in [2.24, 2.45) is 5.73 Å². The van der Waals surface area contributed by atoms with Crippen molar-refractivity contribution in [3.63, 3.8) is 0 Å². The second-order valence-electron chi connectivity index (χ2n) is 5.35. The minimum absolute atomic E-state index is 0.0865. The van der Waals surface area contributed by atoms with E-state index in [4.69, 9.17) is 10.5 Å². The van der Waals surface area contributed by atoms with Crippen LogP contribution in [-0.2, 0) is 9.53 Å². The third-order valence-corrected chi connectivity index (χ3v) is 3.86. The lowest BCUT2D eigenvalue weighted by Crippen LogP contribution is -2.39. The van der Waals surface area contributed by atoms with Crippen LogP contribution in [0.3, 0.4) is 0 Å². The fraction of sp³-hybridized carbons (Fsp3) is 0.533. The molecule has 0 saturated heterocycles. The van der Waals surface area contributed by atoms with Crippen molar-refractivity contribution >= 4 is 11.8 Å². The van der Waals surface area contributed by atoms with Gasteiger partial charge < -0.3 is 15.8 Å². The lowest BCUT2D eigenvalue weighted by atomic mass is 9.82. The van der Waals surface area contributed by atoms with Crippen LogP contribution in [-0.4, -0.2) is 36.6 Å². The normalized spacial score (nSPS) is 21.8. The van der Waals surface area contributed by atoms with Gasteiger partial charge >= 0.3 is 0 Å². The number of nitrogens with two attached hydrogens (primary N) is 1. The predicted octanol–water partition coefficient (Wildman–Crippen LogP) is 0.969. The highest BCUT2D eigenvalue weighted by Crippen LogP contribution is 2.33. The van der Waals surface area contributed by atoms with Crippen molar-refractivity contribution in [3.05, 3.63) is 29.6 Å². The highest BCUT2D eigenvalue weighted by molar-refractivity contribution is 5.94. The van der Waals surface area contributed by atoms with Gasteiger partial charge in [-0.2, -0.15) is 0 Å². The van der Waals surface area contributed by atoms with Crippen LogP contribution in [0.4, 0.5) is 0 Å². The number of rotatable bonds is 5. The van der Waals surface area contributed by atoms with Crippen molar-refractivity contribution in [3.8, 4) is 0 Å². The first-order chi connectivity index (χ1) is 10.1. The molecule has 6 heteroatoms. The van der Waals surface area contributed by atoms with Crippen LogP contribution in [0.15, 0.2) is 18.3 Å². The number of carbonyl (C=O) groups is 2. The zero-order chi connectivity index (χ0) is 15.2. The van der Waals surface area contributed by atoms with Gasteiger partial charge in [0.2, 0.25) is 5.91 Å². The summed E-state index contributed by atoms with van der Waals surface area (Å²) in [6.07, 6.45) is 5.20. The Morgan fingerprint density at radius 3 is 2.71 bits per heavy atom. The third kappa shape index (κ3) is 4.01. The van der Waals surface area contributed by atoms with Gasteiger partial charge in [0.05, 0.1) is 11.3 Å². The van der Waals surface area contributed by atoms with Crippen LogP contribution in [0.5, 0.6) is 0 Å². The topological polar surface area (TPSA) is 94.3 Å². The molecule has 1 fully saturated rings. The van der Waals surface area contributed by atoms with Crippen LogP contribution in [0.1, 0.15) is 47.7 Å². The maximum absolute atomic E-state index is 11.5. The number of primary amides is 1. The average molecular weight is 291 g/mol. The second-order valence-corrected chi connectivity index (χ2v) is 5.35. The first-order valence-corrected chi connectivity index (χ1v) is 7.14. The summed E-state index contributed by atoms with van der Waals surface area (Å²) in [7, 11) is 1.50. The maximum atomic E-state index is 11.5. The number of amides is 2. The molecule has 0 radical (unpaired) electrons. The van der Waals surface area contributed by atoms with Gasteiger partial charge in [0, 0.05) is 25.3 Å². The van der Waals surface area contributed by atoms with Gasteiger partial charge in [-0.25, -0.2) is 0 Å². The Kier molecular flexibility index (Phi) is 5.27. The number of ether oxygens (including phenoxy) is 1. The van der Waals surface area contributed by atoms with E-state index in [1.165, 1.54) is 7.11 Å². The highest BCUT2D eigenvalue weighted by Gasteiger charge is 2.26. The van der Waals surface area contributed by atoms with Crippen LogP contribution in [0.25, 0.3) is 0 Å². The Morgan fingerprint density at radius 2 is 2.10 bits per heavy atom. The fourth-order valence-corrected chi connectivity index (χ4v) is 2.86. The maximum Gasteiger partial charge on any atom is 0.250 e. The molecule has 0 atom stereocenters. The Morgan fingerprint density at radius 1 is 1.38 bits per heavy atom. The van der Waals surface area contributed by atoms with Gasteiger partial charge in [0.15, 0.2) is 0 Å². The second kappa shape index (κ2) is 7.17. The quantitative estimate of drug-likeness (QED) is 0.845. The van der Waals surface area contributed by atoms with Gasteiger partial charge in [0.25, 0.3) is 5.91 Å². The van der Waals surface area contributed by atoms with Gasteiger partial charge in [0.1, 0.15) is 6.61 Å². The van der Waals surface area contributed by atoms with Crippen LogP contribution in [0, 0.1) is 0 Å². The molecule has 1 aromatic heterocycles. The molecule has 21 heavy (non-hydrogen) atoms. The van der Waals surface area contributed by atoms with Crippen molar-refractivity contribution in [2.75, 3.05) is 13.7 Å². The van der Waals surface area contributed by atoms with E-state index in [1.807, 2.05) is 0 Å². The Bertz CT molecular complexity index is 511. The molecule has 1 aliphatic rings. The van der Waals surface area contributed by atoms with E-state index in [0.717, 1.165) is 31.4 Å². The monoisotopic (exact) mass is 291 g/mol. The minimum Gasteiger partial charge on any atom is -0.375 e. The molecule has 2 amide bonds. The summed E-state index contributed by atoms with van der Waals surface area (Å²) in [5.74, 6) is -0.297. The average Bonchev–Trinajstić information content (AvgIpc) is 2.48. The summed E-state index contributed by atoms with van der Waals surface area (Å²) in [4.78, 5) is 27.3. The SMILES string of the molecule is COCC(=O)NC1CCC(c2ncccc2C(N)=O)CC1. The minimum atomic E-state index is -0.436. The zero-order valence-electron chi connectivity index (χ0n) is 12.2. The van der Waals surface area contributed by atoms with Gasteiger partial charge in [-0.15, -0.1) is 0 Å². The molecule has 3 N–H and O–H groups in total. The lowest BCUT2D eigenvalue weighted by Gasteiger charge is -2.29. The van der Waals surface area contributed by atoms with Crippen molar-refractivity contribution < 1.29 is 14.3 Å². The summed E-state index contributed by atoms with van der Waals surface area (Å²) in [6, 6.07) is 3.61. The summed E-state index contributed by atoms with van der Waals surface area (Å²) in [6.45, 7) is 0.0893. The number of hydrogen-bond acceptors (Lipinski definition) is 4. The van der Waals surface area contributed by atoms with Crippen molar-refractivity contribution in [1.82, 2.24) is 10.3 Å². The van der Waals surface area contributed by atoms with Gasteiger partial charge in [-0.1, -0.05) is 0 Å². The number of carbonyl (C=O) groups excluding carboxylic acids is 2. The number of nitrogens with one attached hydrogen (secondary N) is 1. The zero-order valence-corrected chi connectivity index (χ0v) is 12.2. The van der Waals surface area contributed by atoms with Gasteiger partial charge in [-0.3, -0.25) is 14.6 Å². The van der Waals surface area contributed by atoms with Crippen LogP contribution in [0.2, 0.25) is 0 Å². The summed E-state index contributed by atoms with van der Waals surface area (Å²) in [5, 5.41) is 2.95. The van der Waals surface area contributed by atoms with E-state index in [0.29, 0.717) is 5.56 Å². The largest absolute Gasteiger partial charge is 0.375 e. The molecule has 0 aliphatic heterocycles. The van der Waals surface area contributed by atoms with Crippen molar-refractivity contribution in [1.29, 1.82) is 0 Å². The predicted molar refractivity (Wildman–Crippen MR) is 77.8 cm³/mol. The van der Waals surface area contributed by atoms with Gasteiger partial charge in [-0.05, 0) is 37.8 Å². The molecule has 2 rings (SSSR count). The Hall–Kier alpha value is -1.95. The molecule has 6 nitrogen and oxygen atoms in total. The third-order valence-electron chi connectivity index (χ3n) is 3.86. The molecule has 0 bridgehead atoms. The van der Waals surface area contributed by atoms with Crippen LogP contribution < -0.4 is 11.1 Å². The molecular formula is C15H21N3O3.